The van der Waals surface area contributed by atoms with Crippen molar-refractivity contribution in [1.82, 2.24) is 4.57 Å². The van der Waals surface area contributed by atoms with Crippen LogP contribution in [-0.2, 0) is 6.54 Å². The first kappa shape index (κ1) is 9.19. The first-order valence-corrected chi connectivity index (χ1v) is 4.76. The Balaban J connectivity index is 2.47. The van der Waals surface area contributed by atoms with E-state index in [0.29, 0.717) is 6.54 Å². The maximum absolute atomic E-state index is 11.5. The smallest absolute Gasteiger partial charge is 0.252 e. The minimum absolute atomic E-state index is 0.0329. The molecule has 0 amide bonds. The van der Waals surface area contributed by atoms with Gasteiger partial charge in [0.1, 0.15) is 5.82 Å². The molecule has 1 aliphatic heterocycles. The minimum Gasteiger partial charge on any atom is -0.287 e. The lowest BCUT2D eigenvalue weighted by Crippen LogP contribution is -2.25. The molecule has 0 atom stereocenters. The van der Waals surface area contributed by atoms with E-state index in [0.717, 1.165) is 11.5 Å². The van der Waals surface area contributed by atoms with E-state index in [4.69, 9.17) is 0 Å². The monoisotopic (exact) mass is 190 g/mol. The van der Waals surface area contributed by atoms with E-state index in [1.165, 1.54) is 0 Å². The highest BCUT2D eigenvalue weighted by molar-refractivity contribution is 5.93. The molecule has 0 spiro atoms. The number of hydrogen-bond donors (Lipinski definition) is 0. The van der Waals surface area contributed by atoms with Crippen LogP contribution in [0.1, 0.15) is 20.8 Å². The van der Waals surface area contributed by atoms with Gasteiger partial charge in [0.05, 0.1) is 6.54 Å². The van der Waals surface area contributed by atoms with Gasteiger partial charge in [0.2, 0.25) is 0 Å². The van der Waals surface area contributed by atoms with E-state index >= 15 is 0 Å². The molecule has 14 heavy (non-hydrogen) atoms. The van der Waals surface area contributed by atoms with Crippen molar-refractivity contribution in [3.8, 4) is 0 Å². The van der Waals surface area contributed by atoms with Crippen LogP contribution in [0.15, 0.2) is 28.0 Å². The molecule has 2 rings (SSSR count). The van der Waals surface area contributed by atoms with Gasteiger partial charge in [-0.3, -0.25) is 9.36 Å². The normalized spacial score (nSPS) is 15.2. The molecule has 0 bridgehead atoms. The van der Waals surface area contributed by atoms with Crippen molar-refractivity contribution in [3.05, 3.63) is 28.6 Å². The second-order valence-electron chi connectivity index (χ2n) is 4.62. The molecule has 1 aliphatic rings. The number of rotatable bonds is 0. The third kappa shape index (κ3) is 1.39. The van der Waals surface area contributed by atoms with Gasteiger partial charge < -0.3 is 0 Å². The van der Waals surface area contributed by atoms with E-state index in [9.17, 15) is 4.79 Å². The second kappa shape index (κ2) is 2.80. The van der Waals surface area contributed by atoms with Crippen LogP contribution in [0.3, 0.4) is 0 Å². The quantitative estimate of drug-likeness (QED) is 0.616. The molecule has 0 saturated heterocycles. The van der Waals surface area contributed by atoms with Crippen LogP contribution in [0.25, 0.3) is 0 Å². The SMILES string of the molecule is CC(C)(C)C1=Nc2cccc(=O)n2C1. The highest BCUT2D eigenvalue weighted by atomic mass is 16.1. The van der Waals surface area contributed by atoms with E-state index < -0.39 is 0 Å². The summed E-state index contributed by atoms with van der Waals surface area (Å²) < 4.78 is 1.71. The highest BCUT2D eigenvalue weighted by Gasteiger charge is 2.24. The Morgan fingerprint density at radius 1 is 1.36 bits per heavy atom. The van der Waals surface area contributed by atoms with Crippen molar-refractivity contribution in [3.63, 3.8) is 0 Å². The van der Waals surface area contributed by atoms with Crippen molar-refractivity contribution < 1.29 is 0 Å². The molecule has 2 heterocycles. The number of pyridine rings is 1. The molecule has 0 N–H and O–H groups in total. The van der Waals surface area contributed by atoms with Gasteiger partial charge in [-0.1, -0.05) is 26.8 Å². The fraction of sp³-hybridized carbons (Fsp3) is 0.455. The summed E-state index contributed by atoms with van der Waals surface area (Å²) in [7, 11) is 0. The Kier molecular flexibility index (Phi) is 1.84. The van der Waals surface area contributed by atoms with Crippen LogP contribution >= 0.6 is 0 Å². The predicted octanol–water partition coefficient (Wildman–Crippen LogP) is 1.98. The van der Waals surface area contributed by atoms with E-state index in [-0.39, 0.29) is 11.0 Å². The summed E-state index contributed by atoms with van der Waals surface area (Å²) in [5.74, 6) is 0.780. The van der Waals surface area contributed by atoms with Gasteiger partial charge in [0.25, 0.3) is 5.56 Å². The van der Waals surface area contributed by atoms with Crippen molar-refractivity contribution in [2.24, 2.45) is 10.4 Å². The Morgan fingerprint density at radius 2 is 2.07 bits per heavy atom. The molecule has 1 aromatic heterocycles. The molecule has 0 aromatic carbocycles. The summed E-state index contributed by atoms with van der Waals surface area (Å²) in [5, 5.41) is 0. The number of aromatic nitrogens is 1. The maximum atomic E-state index is 11.5. The molecule has 3 heteroatoms. The summed E-state index contributed by atoms with van der Waals surface area (Å²) in [6.07, 6.45) is 0. The molecule has 3 nitrogen and oxygen atoms in total. The first-order chi connectivity index (χ1) is 6.48. The number of hydrogen-bond acceptors (Lipinski definition) is 2. The van der Waals surface area contributed by atoms with Crippen LogP contribution in [-0.4, -0.2) is 10.3 Å². The van der Waals surface area contributed by atoms with Crippen LogP contribution in [0.2, 0.25) is 0 Å². The molecule has 0 fully saturated rings. The highest BCUT2D eigenvalue weighted by Crippen LogP contribution is 2.26. The predicted molar refractivity (Wildman–Crippen MR) is 57.3 cm³/mol. The third-order valence-electron chi connectivity index (χ3n) is 2.45. The second-order valence-corrected chi connectivity index (χ2v) is 4.62. The summed E-state index contributed by atoms with van der Waals surface area (Å²) in [5.41, 5.74) is 1.14. The van der Waals surface area contributed by atoms with Crippen molar-refractivity contribution in [1.29, 1.82) is 0 Å². The summed E-state index contributed by atoms with van der Waals surface area (Å²) in [4.78, 5) is 15.9. The van der Waals surface area contributed by atoms with Gasteiger partial charge in [-0.2, -0.15) is 0 Å². The Labute approximate surface area is 83.1 Å². The Bertz CT molecular complexity index is 449. The van der Waals surface area contributed by atoms with Gasteiger partial charge in [-0.25, -0.2) is 4.99 Å². The third-order valence-corrected chi connectivity index (χ3v) is 2.45. The van der Waals surface area contributed by atoms with E-state index in [2.05, 4.69) is 25.8 Å². The Morgan fingerprint density at radius 3 is 2.64 bits per heavy atom. The van der Waals surface area contributed by atoms with Crippen LogP contribution in [0.4, 0.5) is 5.82 Å². The topological polar surface area (TPSA) is 34.4 Å². The summed E-state index contributed by atoms with van der Waals surface area (Å²) >= 11 is 0. The van der Waals surface area contributed by atoms with Gasteiger partial charge in [-0.15, -0.1) is 0 Å². The molecule has 1 aromatic rings. The van der Waals surface area contributed by atoms with Crippen LogP contribution in [0.5, 0.6) is 0 Å². The van der Waals surface area contributed by atoms with Gasteiger partial charge in [-0.05, 0) is 6.07 Å². The lowest BCUT2D eigenvalue weighted by Gasteiger charge is -2.17. The first-order valence-electron chi connectivity index (χ1n) is 4.76. The average Bonchev–Trinajstić information content (AvgIpc) is 2.48. The zero-order valence-corrected chi connectivity index (χ0v) is 8.74. The minimum atomic E-state index is 0.0329. The molecular weight excluding hydrogens is 176 g/mol. The largest absolute Gasteiger partial charge is 0.287 e. The zero-order valence-electron chi connectivity index (χ0n) is 8.74. The Hall–Kier alpha value is -1.38. The number of aliphatic imine (C=N–C) groups is 1. The molecule has 74 valence electrons. The van der Waals surface area contributed by atoms with Gasteiger partial charge in [0.15, 0.2) is 0 Å². The summed E-state index contributed by atoms with van der Waals surface area (Å²) in [6, 6.07) is 5.20. The molecule has 0 saturated carbocycles. The van der Waals surface area contributed by atoms with E-state index in [1.807, 2.05) is 6.07 Å². The van der Waals surface area contributed by atoms with Crippen molar-refractivity contribution in [2.75, 3.05) is 0 Å². The van der Waals surface area contributed by atoms with Gasteiger partial charge in [0, 0.05) is 17.2 Å². The number of nitrogens with zero attached hydrogens (tertiary/aromatic N) is 2. The standard InChI is InChI=1S/C11H14N2O/c1-11(2,3)8-7-13-9(12-8)5-4-6-10(13)14/h4-6H,7H2,1-3H3. The maximum Gasteiger partial charge on any atom is 0.252 e. The van der Waals surface area contributed by atoms with E-state index in [1.54, 1.807) is 16.7 Å². The molecule has 0 unspecified atom stereocenters. The number of fused-ring (bicyclic) bond motifs is 1. The fourth-order valence-corrected chi connectivity index (χ4v) is 1.49. The molecule has 0 radical (unpaired) electrons. The van der Waals surface area contributed by atoms with Gasteiger partial charge >= 0.3 is 0 Å². The lowest BCUT2D eigenvalue weighted by atomic mass is 9.90. The van der Waals surface area contributed by atoms with Crippen molar-refractivity contribution >= 4 is 11.5 Å². The molecule has 0 aliphatic carbocycles. The lowest BCUT2D eigenvalue weighted by molar-refractivity contribution is 0.575. The fourth-order valence-electron chi connectivity index (χ4n) is 1.49. The molecular formula is C11H14N2O. The zero-order chi connectivity index (χ0) is 10.3. The summed E-state index contributed by atoms with van der Waals surface area (Å²) in [6.45, 7) is 6.98. The van der Waals surface area contributed by atoms with Crippen LogP contribution < -0.4 is 5.56 Å². The average molecular weight is 190 g/mol. The van der Waals surface area contributed by atoms with Crippen LogP contribution in [0, 0.1) is 5.41 Å². The van der Waals surface area contributed by atoms with Crippen molar-refractivity contribution in [2.45, 2.75) is 27.3 Å².